The lowest BCUT2D eigenvalue weighted by molar-refractivity contribution is -0.677. The molecule has 0 aliphatic carbocycles. The molecule has 4 nitrogen and oxygen atoms in total. The largest absolute Gasteiger partial charge is 0.461 e. The van der Waals surface area contributed by atoms with E-state index in [1.165, 1.54) is 10.9 Å². The third-order valence-electron chi connectivity index (χ3n) is 4.91. The number of halogens is 1. The SMILES string of the molecule is O=C1OCC[C@H]1[NH2+]C[C@@H](c1ccccc1Cl)c1c[nH]c2ccccc12. The van der Waals surface area contributed by atoms with Crippen molar-refractivity contribution in [3.8, 4) is 0 Å². The van der Waals surface area contributed by atoms with Crippen LogP contribution in [0.1, 0.15) is 23.5 Å². The molecule has 1 aliphatic rings. The monoisotopic (exact) mass is 355 g/mol. The van der Waals surface area contributed by atoms with Crippen LogP contribution in [-0.4, -0.2) is 30.1 Å². The molecule has 0 unspecified atom stereocenters. The first-order valence-corrected chi connectivity index (χ1v) is 8.92. The summed E-state index contributed by atoms with van der Waals surface area (Å²) in [6.45, 7) is 1.26. The average Bonchev–Trinajstić information content (AvgIpc) is 3.23. The van der Waals surface area contributed by atoms with Crippen LogP contribution in [0.15, 0.2) is 54.7 Å². The lowest BCUT2D eigenvalue weighted by Crippen LogP contribution is -2.92. The van der Waals surface area contributed by atoms with E-state index in [4.69, 9.17) is 16.3 Å². The highest BCUT2D eigenvalue weighted by Gasteiger charge is 2.32. The average molecular weight is 356 g/mol. The van der Waals surface area contributed by atoms with Crippen LogP contribution in [0.25, 0.3) is 10.9 Å². The molecule has 2 atom stereocenters. The minimum atomic E-state index is -0.116. The molecule has 0 radical (unpaired) electrons. The van der Waals surface area contributed by atoms with Crippen LogP contribution < -0.4 is 5.32 Å². The molecule has 25 heavy (non-hydrogen) atoms. The number of ether oxygens (including phenoxy) is 1. The van der Waals surface area contributed by atoms with E-state index >= 15 is 0 Å². The number of aromatic amines is 1. The number of carbonyl (C=O) groups excluding carboxylic acids is 1. The van der Waals surface area contributed by atoms with E-state index in [0.29, 0.717) is 6.61 Å². The van der Waals surface area contributed by atoms with Gasteiger partial charge in [-0.15, -0.1) is 0 Å². The fraction of sp³-hybridized carbons (Fsp3) is 0.250. The summed E-state index contributed by atoms with van der Waals surface area (Å²) in [7, 11) is 0. The number of benzene rings is 2. The highest BCUT2D eigenvalue weighted by Crippen LogP contribution is 2.33. The molecule has 1 fully saturated rings. The second-order valence-electron chi connectivity index (χ2n) is 6.40. The number of cyclic esters (lactones) is 1. The third kappa shape index (κ3) is 3.15. The number of nitrogens with two attached hydrogens (primary N) is 1. The van der Waals surface area contributed by atoms with Crippen molar-refractivity contribution >= 4 is 28.5 Å². The van der Waals surface area contributed by atoms with Crippen LogP contribution in [0.5, 0.6) is 0 Å². The molecule has 2 heterocycles. The highest BCUT2D eigenvalue weighted by atomic mass is 35.5. The molecule has 4 rings (SSSR count). The Morgan fingerprint density at radius 1 is 1.16 bits per heavy atom. The van der Waals surface area contributed by atoms with Gasteiger partial charge in [0.1, 0.15) is 0 Å². The summed E-state index contributed by atoms with van der Waals surface area (Å²) in [5.41, 5.74) is 3.39. The van der Waals surface area contributed by atoms with Gasteiger partial charge in [0, 0.05) is 28.5 Å². The number of hydrogen-bond acceptors (Lipinski definition) is 2. The predicted molar refractivity (Wildman–Crippen MR) is 97.8 cm³/mol. The second-order valence-corrected chi connectivity index (χ2v) is 6.80. The zero-order valence-electron chi connectivity index (χ0n) is 13.7. The van der Waals surface area contributed by atoms with Crippen LogP contribution >= 0.6 is 11.6 Å². The number of H-pyrrole nitrogens is 1. The fourth-order valence-electron chi connectivity index (χ4n) is 3.59. The van der Waals surface area contributed by atoms with E-state index in [9.17, 15) is 4.79 Å². The standard InChI is InChI=1S/C20H19ClN2O2/c21-17-7-3-1-5-13(17)15(11-23-19-9-10-25-20(19)24)16-12-22-18-8-4-2-6-14(16)18/h1-8,12,15,19,22-23H,9-11H2/p+1/t15-,19+/m0/s1. The first-order valence-electron chi connectivity index (χ1n) is 8.54. The Bertz CT molecular complexity index is 905. The van der Waals surface area contributed by atoms with Crippen molar-refractivity contribution in [2.75, 3.05) is 13.2 Å². The first-order chi connectivity index (χ1) is 12.2. The maximum atomic E-state index is 11.8. The second kappa shape index (κ2) is 6.90. The van der Waals surface area contributed by atoms with E-state index in [-0.39, 0.29) is 17.9 Å². The third-order valence-corrected chi connectivity index (χ3v) is 5.25. The maximum absolute atomic E-state index is 11.8. The number of rotatable bonds is 5. The van der Waals surface area contributed by atoms with Gasteiger partial charge in [-0.3, -0.25) is 0 Å². The van der Waals surface area contributed by atoms with Crippen LogP contribution in [-0.2, 0) is 9.53 Å². The highest BCUT2D eigenvalue weighted by molar-refractivity contribution is 6.31. The molecule has 1 aliphatic heterocycles. The number of aromatic nitrogens is 1. The summed E-state index contributed by atoms with van der Waals surface area (Å²) in [4.78, 5) is 15.1. The summed E-state index contributed by atoms with van der Waals surface area (Å²) in [5, 5.41) is 4.03. The molecule has 1 saturated heterocycles. The smallest absolute Gasteiger partial charge is 0.364 e. The van der Waals surface area contributed by atoms with Crippen molar-refractivity contribution in [3.63, 3.8) is 0 Å². The fourth-order valence-corrected chi connectivity index (χ4v) is 3.85. The minimum absolute atomic E-state index is 0.0956. The van der Waals surface area contributed by atoms with E-state index in [2.05, 4.69) is 34.7 Å². The molecule has 0 saturated carbocycles. The van der Waals surface area contributed by atoms with Crippen molar-refractivity contribution in [2.45, 2.75) is 18.4 Å². The Morgan fingerprint density at radius 3 is 2.76 bits per heavy atom. The Morgan fingerprint density at radius 2 is 1.96 bits per heavy atom. The number of nitrogens with one attached hydrogen (secondary N) is 1. The summed E-state index contributed by atoms with van der Waals surface area (Å²) in [5.74, 6) is -0.0184. The number of carbonyl (C=O) groups is 1. The first kappa shape index (κ1) is 16.2. The normalized spacial score (nSPS) is 18.4. The number of quaternary nitrogens is 1. The molecule has 5 heteroatoms. The zero-order valence-corrected chi connectivity index (χ0v) is 14.5. The van der Waals surface area contributed by atoms with Crippen molar-refractivity contribution in [1.82, 2.24) is 4.98 Å². The van der Waals surface area contributed by atoms with Crippen molar-refractivity contribution < 1.29 is 14.8 Å². The Labute approximate surface area is 151 Å². The number of esters is 1. The molecule has 3 N–H and O–H groups in total. The lowest BCUT2D eigenvalue weighted by atomic mass is 9.90. The topological polar surface area (TPSA) is 58.7 Å². The Kier molecular flexibility index (Phi) is 4.47. The van der Waals surface area contributed by atoms with Gasteiger partial charge in [-0.05, 0) is 23.3 Å². The van der Waals surface area contributed by atoms with Gasteiger partial charge in [0.2, 0.25) is 0 Å². The van der Waals surface area contributed by atoms with E-state index < -0.39 is 0 Å². The van der Waals surface area contributed by atoms with E-state index in [1.807, 2.05) is 30.3 Å². The molecule has 128 valence electrons. The van der Waals surface area contributed by atoms with Crippen LogP contribution in [0.2, 0.25) is 5.02 Å². The van der Waals surface area contributed by atoms with E-state index in [1.54, 1.807) is 0 Å². The van der Waals surface area contributed by atoms with Crippen molar-refractivity contribution in [2.24, 2.45) is 0 Å². The molecule has 0 amide bonds. The summed E-state index contributed by atoms with van der Waals surface area (Å²) < 4.78 is 5.09. The quantitative estimate of drug-likeness (QED) is 0.691. The maximum Gasteiger partial charge on any atom is 0.364 e. The molecule has 1 aromatic heterocycles. The van der Waals surface area contributed by atoms with Gasteiger partial charge in [-0.25, -0.2) is 4.79 Å². The summed E-state index contributed by atoms with van der Waals surface area (Å²) in [6.07, 6.45) is 2.82. The van der Waals surface area contributed by atoms with Gasteiger partial charge in [0.15, 0.2) is 6.04 Å². The van der Waals surface area contributed by atoms with Gasteiger partial charge in [-0.2, -0.15) is 0 Å². The molecular formula is C20H20ClN2O2+. The van der Waals surface area contributed by atoms with E-state index in [0.717, 1.165) is 29.1 Å². The van der Waals surface area contributed by atoms with Crippen molar-refractivity contribution in [3.05, 3.63) is 70.9 Å². The van der Waals surface area contributed by atoms with Gasteiger partial charge in [0.25, 0.3) is 0 Å². The summed E-state index contributed by atoms with van der Waals surface area (Å²) in [6, 6.07) is 16.1. The Balaban J connectivity index is 1.71. The number of fused-ring (bicyclic) bond motifs is 1. The molecule has 2 aromatic carbocycles. The minimum Gasteiger partial charge on any atom is -0.461 e. The van der Waals surface area contributed by atoms with Gasteiger partial charge >= 0.3 is 5.97 Å². The summed E-state index contributed by atoms with van der Waals surface area (Å²) >= 11 is 6.50. The lowest BCUT2D eigenvalue weighted by Gasteiger charge is -2.18. The van der Waals surface area contributed by atoms with Crippen molar-refractivity contribution in [1.29, 1.82) is 0 Å². The van der Waals surface area contributed by atoms with Crippen LogP contribution in [0, 0.1) is 0 Å². The van der Waals surface area contributed by atoms with Gasteiger partial charge in [0.05, 0.1) is 19.1 Å². The number of para-hydroxylation sites is 1. The van der Waals surface area contributed by atoms with Gasteiger partial charge in [-0.1, -0.05) is 48.0 Å². The predicted octanol–water partition coefficient (Wildman–Crippen LogP) is 2.83. The zero-order chi connectivity index (χ0) is 17.2. The molecular weight excluding hydrogens is 336 g/mol. The Hall–Kier alpha value is -2.30. The number of hydrogen-bond donors (Lipinski definition) is 2. The van der Waals surface area contributed by atoms with Gasteiger partial charge < -0.3 is 15.0 Å². The molecule has 3 aromatic rings. The van der Waals surface area contributed by atoms with Crippen LogP contribution in [0.3, 0.4) is 0 Å². The molecule has 0 spiro atoms. The van der Waals surface area contributed by atoms with Crippen LogP contribution in [0.4, 0.5) is 0 Å². The molecule has 0 bridgehead atoms.